The van der Waals surface area contributed by atoms with Crippen LogP contribution in [0.3, 0.4) is 0 Å². The maximum absolute atomic E-state index is 12.9. The second-order valence-electron chi connectivity index (χ2n) is 4.06. The van der Waals surface area contributed by atoms with Crippen LogP contribution in [-0.2, 0) is 6.18 Å². The summed E-state index contributed by atoms with van der Waals surface area (Å²) in [7, 11) is 0. The van der Waals surface area contributed by atoms with Gasteiger partial charge in [-0.25, -0.2) is 0 Å². The lowest BCUT2D eigenvalue weighted by Gasteiger charge is -2.11. The van der Waals surface area contributed by atoms with Crippen LogP contribution in [0.25, 0.3) is 11.1 Å². The molecular formula is C15H7F3N2. The third-order valence-electron chi connectivity index (χ3n) is 2.79. The zero-order chi connectivity index (χ0) is 14.8. The standard InChI is InChI=1S/C15H7F3N2/c16-15(17,18)14-7-12(5-6-13(14)9-20)11-3-1-10(8-19)2-4-11/h1-7H. The van der Waals surface area contributed by atoms with Gasteiger partial charge in [-0.3, -0.25) is 0 Å². The molecule has 0 aliphatic heterocycles. The highest BCUT2D eigenvalue weighted by Gasteiger charge is 2.33. The van der Waals surface area contributed by atoms with Gasteiger partial charge in [-0.15, -0.1) is 0 Å². The average Bonchev–Trinajstić information content (AvgIpc) is 2.46. The highest BCUT2D eigenvalue weighted by Crippen LogP contribution is 2.34. The van der Waals surface area contributed by atoms with Crippen molar-refractivity contribution in [3.63, 3.8) is 0 Å². The van der Waals surface area contributed by atoms with Gasteiger partial charge in [0.2, 0.25) is 0 Å². The quantitative estimate of drug-likeness (QED) is 0.784. The van der Waals surface area contributed by atoms with E-state index in [2.05, 4.69) is 0 Å². The molecule has 0 amide bonds. The van der Waals surface area contributed by atoms with Crippen molar-refractivity contribution in [2.45, 2.75) is 6.18 Å². The summed E-state index contributed by atoms with van der Waals surface area (Å²) in [5, 5.41) is 17.4. The summed E-state index contributed by atoms with van der Waals surface area (Å²) in [5.74, 6) is 0. The van der Waals surface area contributed by atoms with Crippen molar-refractivity contribution in [2.24, 2.45) is 0 Å². The summed E-state index contributed by atoms with van der Waals surface area (Å²) in [6.45, 7) is 0. The largest absolute Gasteiger partial charge is 0.417 e. The number of hydrogen-bond donors (Lipinski definition) is 0. The van der Waals surface area contributed by atoms with Crippen molar-refractivity contribution < 1.29 is 13.2 Å². The summed E-state index contributed by atoms with van der Waals surface area (Å²) in [6.07, 6.45) is -4.58. The van der Waals surface area contributed by atoms with Gasteiger partial charge in [-0.2, -0.15) is 23.7 Å². The molecule has 0 heterocycles. The molecule has 0 atom stereocenters. The van der Waals surface area contributed by atoms with Crippen LogP contribution in [0.4, 0.5) is 13.2 Å². The maximum Gasteiger partial charge on any atom is 0.417 e. The fourth-order valence-corrected chi connectivity index (χ4v) is 1.79. The zero-order valence-electron chi connectivity index (χ0n) is 10.1. The van der Waals surface area contributed by atoms with E-state index >= 15 is 0 Å². The molecule has 2 aromatic carbocycles. The molecule has 0 fully saturated rings. The Hall–Kier alpha value is -2.79. The van der Waals surface area contributed by atoms with Crippen molar-refractivity contribution >= 4 is 0 Å². The van der Waals surface area contributed by atoms with Gasteiger partial charge < -0.3 is 0 Å². The minimum Gasteiger partial charge on any atom is -0.192 e. The van der Waals surface area contributed by atoms with Crippen molar-refractivity contribution in [3.8, 4) is 23.3 Å². The molecule has 5 heteroatoms. The molecule has 2 rings (SSSR count). The predicted octanol–water partition coefficient (Wildman–Crippen LogP) is 4.12. The van der Waals surface area contributed by atoms with Gasteiger partial charge in [0.05, 0.1) is 28.8 Å². The van der Waals surface area contributed by atoms with Gasteiger partial charge in [-0.1, -0.05) is 18.2 Å². The van der Waals surface area contributed by atoms with Gasteiger partial charge in [-0.05, 0) is 35.4 Å². The van der Waals surface area contributed by atoms with Gasteiger partial charge in [0.25, 0.3) is 0 Å². The molecule has 0 aliphatic rings. The average molecular weight is 272 g/mol. The molecule has 2 nitrogen and oxygen atoms in total. The fourth-order valence-electron chi connectivity index (χ4n) is 1.79. The molecular weight excluding hydrogens is 265 g/mol. The van der Waals surface area contributed by atoms with Crippen molar-refractivity contribution in [1.29, 1.82) is 10.5 Å². The molecule has 98 valence electrons. The van der Waals surface area contributed by atoms with E-state index in [1.165, 1.54) is 24.3 Å². The maximum atomic E-state index is 12.9. The van der Waals surface area contributed by atoms with Crippen LogP contribution in [0, 0.1) is 22.7 Å². The first-order valence-electron chi connectivity index (χ1n) is 5.57. The molecule has 0 bridgehead atoms. The van der Waals surface area contributed by atoms with Crippen LogP contribution < -0.4 is 0 Å². The number of hydrogen-bond acceptors (Lipinski definition) is 2. The monoisotopic (exact) mass is 272 g/mol. The van der Waals surface area contributed by atoms with Crippen molar-refractivity contribution in [3.05, 3.63) is 59.2 Å². The highest BCUT2D eigenvalue weighted by molar-refractivity contribution is 5.66. The van der Waals surface area contributed by atoms with Gasteiger partial charge in [0.15, 0.2) is 0 Å². The van der Waals surface area contributed by atoms with E-state index < -0.39 is 17.3 Å². The number of nitrogens with zero attached hydrogens (tertiary/aromatic N) is 2. The second-order valence-corrected chi connectivity index (χ2v) is 4.06. The Bertz CT molecular complexity index is 717. The normalized spacial score (nSPS) is 10.7. The lowest BCUT2D eigenvalue weighted by Crippen LogP contribution is -2.07. The SMILES string of the molecule is N#Cc1ccc(-c2ccc(C#N)c(C(F)(F)F)c2)cc1. The summed E-state index contributed by atoms with van der Waals surface area (Å²) in [6, 6.07) is 13.2. The minimum absolute atomic E-state index is 0.348. The van der Waals surface area contributed by atoms with Crippen LogP contribution in [0.5, 0.6) is 0 Å². The first-order chi connectivity index (χ1) is 9.45. The van der Waals surface area contributed by atoms with E-state index in [-0.39, 0.29) is 0 Å². The van der Waals surface area contributed by atoms with Gasteiger partial charge >= 0.3 is 6.18 Å². The zero-order valence-corrected chi connectivity index (χ0v) is 10.1. The second kappa shape index (κ2) is 5.07. The summed E-state index contributed by atoms with van der Waals surface area (Å²) in [4.78, 5) is 0. The van der Waals surface area contributed by atoms with E-state index in [4.69, 9.17) is 10.5 Å². The van der Waals surface area contributed by atoms with Crippen LogP contribution >= 0.6 is 0 Å². The number of alkyl halides is 3. The molecule has 0 aliphatic carbocycles. The van der Waals surface area contributed by atoms with E-state index in [1.54, 1.807) is 12.1 Å². The Morgan fingerprint density at radius 3 is 1.90 bits per heavy atom. The van der Waals surface area contributed by atoms with E-state index in [9.17, 15) is 13.2 Å². The molecule has 0 spiro atoms. The Labute approximate surface area is 113 Å². The van der Waals surface area contributed by atoms with Crippen molar-refractivity contribution in [2.75, 3.05) is 0 Å². The first-order valence-corrected chi connectivity index (χ1v) is 5.57. The third kappa shape index (κ3) is 2.62. The van der Waals surface area contributed by atoms with E-state index in [0.29, 0.717) is 16.7 Å². The molecule has 20 heavy (non-hydrogen) atoms. The number of rotatable bonds is 1. The summed E-state index contributed by atoms with van der Waals surface area (Å²) in [5.41, 5.74) is -0.0324. The fraction of sp³-hybridized carbons (Fsp3) is 0.0667. The van der Waals surface area contributed by atoms with Crippen LogP contribution in [0.1, 0.15) is 16.7 Å². The number of halogens is 3. The van der Waals surface area contributed by atoms with Crippen LogP contribution in [0.2, 0.25) is 0 Å². The molecule has 0 N–H and O–H groups in total. The Balaban J connectivity index is 2.54. The Morgan fingerprint density at radius 1 is 0.800 bits per heavy atom. The smallest absolute Gasteiger partial charge is 0.192 e. The van der Waals surface area contributed by atoms with Crippen LogP contribution in [0.15, 0.2) is 42.5 Å². The number of benzene rings is 2. The molecule has 2 aromatic rings. The van der Waals surface area contributed by atoms with Gasteiger partial charge in [0.1, 0.15) is 0 Å². The lowest BCUT2D eigenvalue weighted by atomic mass is 9.98. The van der Waals surface area contributed by atoms with Crippen molar-refractivity contribution in [1.82, 2.24) is 0 Å². The molecule has 0 unspecified atom stereocenters. The Kier molecular flexibility index (Phi) is 3.45. The van der Waals surface area contributed by atoms with Gasteiger partial charge in [0, 0.05) is 0 Å². The predicted molar refractivity (Wildman–Crippen MR) is 66.3 cm³/mol. The lowest BCUT2D eigenvalue weighted by molar-refractivity contribution is -0.137. The van der Waals surface area contributed by atoms with E-state index in [1.807, 2.05) is 6.07 Å². The molecule has 0 saturated carbocycles. The topological polar surface area (TPSA) is 47.6 Å². The highest BCUT2D eigenvalue weighted by atomic mass is 19.4. The molecule has 0 saturated heterocycles. The first kappa shape index (κ1) is 13.6. The summed E-state index contributed by atoms with van der Waals surface area (Å²) < 4.78 is 38.6. The summed E-state index contributed by atoms with van der Waals surface area (Å²) >= 11 is 0. The van der Waals surface area contributed by atoms with E-state index in [0.717, 1.165) is 12.1 Å². The minimum atomic E-state index is -4.58. The molecule has 0 aromatic heterocycles. The third-order valence-corrected chi connectivity index (χ3v) is 2.79. The Morgan fingerprint density at radius 2 is 1.40 bits per heavy atom. The molecule has 0 radical (unpaired) electrons. The number of nitriles is 2. The van der Waals surface area contributed by atoms with Crippen LogP contribution in [-0.4, -0.2) is 0 Å².